The fraction of sp³-hybridized carbons (Fsp3) is 0.250. The number of cyclic esters (lactones) is 2. The van der Waals surface area contributed by atoms with E-state index in [1.807, 2.05) is 0 Å². The molecule has 2 atom stereocenters. The van der Waals surface area contributed by atoms with Gasteiger partial charge >= 0.3 is 11.9 Å². The quantitative estimate of drug-likeness (QED) is 0.627. The van der Waals surface area contributed by atoms with Crippen LogP contribution in [0.2, 0.25) is 0 Å². The summed E-state index contributed by atoms with van der Waals surface area (Å²) < 4.78 is 20.8. The standard InChI is InChI=1S/C16H14O6/c1-3-19-12-7-11-9-5-6-10(12)14(11)16(18)22-13(20-4-2)8-21-15(9)17/h3-6,12-13H,1-2,7-8H2. The second-order valence-corrected chi connectivity index (χ2v) is 4.79. The first-order valence-electron chi connectivity index (χ1n) is 6.72. The predicted molar refractivity (Wildman–Crippen MR) is 74.9 cm³/mol. The maximum absolute atomic E-state index is 12.4. The van der Waals surface area contributed by atoms with E-state index in [2.05, 4.69) is 13.2 Å². The highest BCUT2D eigenvalue weighted by atomic mass is 16.7. The number of hydrogen-bond acceptors (Lipinski definition) is 6. The van der Waals surface area contributed by atoms with Gasteiger partial charge in [-0.3, -0.25) is 0 Å². The van der Waals surface area contributed by atoms with Gasteiger partial charge in [0.25, 0.3) is 6.29 Å². The van der Waals surface area contributed by atoms with Crippen molar-refractivity contribution in [3.8, 4) is 0 Å². The Kier molecular flexibility index (Phi) is 3.58. The normalized spacial score (nSPS) is 22.5. The van der Waals surface area contributed by atoms with E-state index in [1.165, 1.54) is 6.26 Å². The van der Waals surface area contributed by atoms with Gasteiger partial charge in [0.1, 0.15) is 6.10 Å². The summed E-state index contributed by atoms with van der Waals surface area (Å²) in [5, 5.41) is 0. The summed E-state index contributed by atoms with van der Waals surface area (Å²) in [6.45, 7) is 6.73. The lowest BCUT2D eigenvalue weighted by Crippen LogP contribution is -2.25. The Morgan fingerprint density at radius 2 is 1.91 bits per heavy atom. The molecule has 1 heterocycles. The van der Waals surface area contributed by atoms with Crippen LogP contribution in [0.15, 0.2) is 37.8 Å². The van der Waals surface area contributed by atoms with Gasteiger partial charge in [-0.2, -0.15) is 0 Å². The van der Waals surface area contributed by atoms with E-state index < -0.39 is 18.2 Å². The molecule has 1 aliphatic carbocycles. The molecule has 22 heavy (non-hydrogen) atoms. The Morgan fingerprint density at radius 1 is 1.14 bits per heavy atom. The Bertz CT molecular complexity index is 663. The molecule has 0 radical (unpaired) electrons. The van der Waals surface area contributed by atoms with Crippen LogP contribution in [0.5, 0.6) is 0 Å². The molecule has 0 N–H and O–H groups in total. The van der Waals surface area contributed by atoms with Gasteiger partial charge in [0.05, 0.1) is 23.7 Å². The van der Waals surface area contributed by atoms with Crippen LogP contribution in [0, 0.1) is 0 Å². The van der Waals surface area contributed by atoms with E-state index >= 15 is 0 Å². The van der Waals surface area contributed by atoms with Crippen LogP contribution in [-0.2, 0) is 25.4 Å². The number of carbonyl (C=O) groups is 2. The average molecular weight is 302 g/mol. The minimum absolute atomic E-state index is 0.198. The van der Waals surface area contributed by atoms with Crippen LogP contribution < -0.4 is 0 Å². The molecule has 114 valence electrons. The molecule has 2 aliphatic rings. The second-order valence-electron chi connectivity index (χ2n) is 4.79. The summed E-state index contributed by atoms with van der Waals surface area (Å²) in [7, 11) is 0. The maximum atomic E-state index is 12.4. The highest BCUT2D eigenvalue weighted by molar-refractivity contribution is 6.00. The van der Waals surface area contributed by atoms with Gasteiger partial charge in [0.2, 0.25) is 0 Å². The van der Waals surface area contributed by atoms with Crippen molar-refractivity contribution in [2.75, 3.05) is 6.61 Å². The topological polar surface area (TPSA) is 71.1 Å². The Morgan fingerprint density at radius 3 is 2.64 bits per heavy atom. The lowest BCUT2D eigenvalue weighted by molar-refractivity contribution is -0.100. The molecular weight excluding hydrogens is 288 g/mol. The SMILES string of the molecule is C=COC1COC(=O)c2ccc3c(c2CC3OC=C)C(=O)O1. The first kappa shape index (κ1) is 14.2. The maximum Gasteiger partial charge on any atom is 0.342 e. The van der Waals surface area contributed by atoms with Gasteiger partial charge in [-0.05, 0) is 11.6 Å². The van der Waals surface area contributed by atoms with Gasteiger partial charge in [0, 0.05) is 12.0 Å². The number of hydrogen-bond donors (Lipinski definition) is 0. The van der Waals surface area contributed by atoms with E-state index in [-0.39, 0.29) is 12.7 Å². The zero-order chi connectivity index (χ0) is 15.7. The Hall–Kier alpha value is -2.76. The second kappa shape index (κ2) is 5.55. The van der Waals surface area contributed by atoms with Crippen molar-refractivity contribution in [1.29, 1.82) is 0 Å². The van der Waals surface area contributed by atoms with Crippen molar-refractivity contribution in [3.05, 3.63) is 60.1 Å². The van der Waals surface area contributed by atoms with Crippen LogP contribution in [0.1, 0.15) is 37.9 Å². The Labute approximate surface area is 126 Å². The number of benzene rings is 1. The highest BCUT2D eigenvalue weighted by Crippen LogP contribution is 2.39. The van der Waals surface area contributed by atoms with Crippen molar-refractivity contribution in [2.24, 2.45) is 0 Å². The molecule has 0 saturated carbocycles. The molecule has 4 bridgehead atoms. The summed E-state index contributed by atoms with van der Waals surface area (Å²) in [5.41, 5.74) is 1.90. The molecule has 1 aromatic rings. The van der Waals surface area contributed by atoms with Gasteiger partial charge < -0.3 is 18.9 Å². The molecule has 2 unspecified atom stereocenters. The molecule has 6 nitrogen and oxygen atoms in total. The van der Waals surface area contributed by atoms with Crippen molar-refractivity contribution < 1.29 is 28.5 Å². The minimum atomic E-state index is -1.03. The van der Waals surface area contributed by atoms with Crippen LogP contribution in [-0.4, -0.2) is 24.8 Å². The zero-order valence-corrected chi connectivity index (χ0v) is 11.7. The third kappa shape index (κ3) is 2.22. The molecule has 6 heteroatoms. The van der Waals surface area contributed by atoms with E-state index in [0.717, 1.165) is 6.26 Å². The van der Waals surface area contributed by atoms with E-state index in [4.69, 9.17) is 18.9 Å². The molecule has 0 aromatic heterocycles. The highest BCUT2D eigenvalue weighted by Gasteiger charge is 2.37. The van der Waals surface area contributed by atoms with Crippen LogP contribution in [0.25, 0.3) is 0 Å². The van der Waals surface area contributed by atoms with Crippen molar-refractivity contribution in [2.45, 2.75) is 18.8 Å². The minimum Gasteiger partial charge on any atom is -0.494 e. The van der Waals surface area contributed by atoms with Crippen molar-refractivity contribution >= 4 is 11.9 Å². The monoisotopic (exact) mass is 302 g/mol. The molecule has 1 aromatic carbocycles. The Balaban J connectivity index is 2.05. The van der Waals surface area contributed by atoms with Crippen LogP contribution in [0.4, 0.5) is 0 Å². The summed E-state index contributed by atoms with van der Waals surface area (Å²) in [6.07, 6.45) is 1.43. The van der Waals surface area contributed by atoms with Crippen molar-refractivity contribution in [1.82, 2.24) is 0 Å². The largest absolute Gasteiger partial charge is 0.494 e. The molecule has 3 rings (SSSR count). The first-order chi connectivity index (χ1) is 10.7. The van der Waals surface area contributed by atoms with Gasteiger partial charge in [-0.1, -0.05) is 19.2 Å². The lowest BCUT2D eigenvalue weighted by atomic mass is 10.0. The van der Waals surface area contributed by atoms with E-state index in [0.29, 0.717) is 28.7 Å². The number of esters is 2. The van der Waals surface area contributed by atoms with Crippen molar-refractivity contribution in [3.63, 3.8) is 0 Å². The average Bonchev–Trinajstić information content (AvgIpc) is 2.75. The lowest BCUT2D eigenvalue weighted by Gasteiger charge is -2.16. The van der Waals surface area contributed by atoms with Gasteiger partial charge in [-0.15, -0.1) is 0 Å². The summed E-state index contributed by atoms with van der Waals surface area (Å²) in [4.78, 5) is 24.6. The van der Waals surface area contributed by atoms with Gasteiger partial charge in [-0.25, -0.2) is 9.59 Å². The zero-order valence-electron chi connectivity index (χ0n) is 11.7. The molecule has 1 aliphatic heterocycles. The number of ether oxygens (including phenoxy) is 4. The molecule has 0 saturated heterocycles. The molecule has 0 spiro atoms. The van der Waals surface area contributed by atoms with E-state index in [1.54, 1.807) is 12.1 Å². The molecule has 0 fully saturated rings. The fourth-order valence-corrected chi connectivity index (χ4v) is 2.72. The predicted octanol–water partition coefficient (Wildman–Crippen LogP) is 2.26. The number of carbonyl (C=O) groups excluding carboxylic acids is 2. The van der Waals surface area contributed by atoms with Crippen LogP contribution >= 0.6 is 0 Å². The van der Waals surface area contributed by atoms with E-state index in [9.17, 15) is 9.59 Å². The van der Waals surface area contributed by atoms with Crippen LogP contribution in [0.3, 0.4) is 0 Å². The summed E-state index contributed by atoms with van der Waals surface area (Å²) >= 11 is 0. The summed E-state index contributed by atoms with van der Waals surface area (Å²) in [6, 6.07) is 3.30. The van der Waals surface area contributed by atoms with Gasteiger partial charge in [0.15, 0.2) is 6.61 Å². The summed E-state index contributed by atoms with van der Waals surface area (Å²) in [5.74, 6) is -1.11. The molecular formula is C16H14O6. The fourth-order valence-electron chi connectivity index (χ4n) is 2.72. The smallest absolute Gasteiger partial charge is 0.342 e. The first-order valence-corrected chi connectivity index (χ1v) is 6.72. The number of rotatable bonds is 4. The third-order valence-electron chi connectivity index (χ3n) is 3.60. The third-order valence-corrected chi connectivity index (χ3v) is 3.60. The molecule has 0 amide bonds.